The van der Waals surface area contributed by atoms with Gasteiger partial charge in [-0.25, -0.2) is 9.78 Å². The Balaban J connectivity index is 2.20. The molecule has 2 heterocycles. The van der Waals surface area contributed by atoms with Crippen LogP contribution in [0.3, 0.4) is 0 Å². The lowest BCUT2D eigenvalue weighted by Crippen LogP contribution is -2.38. The Bertz CT molecular complexity index is 541. The fraction of sp³-hybridized carbons (Fsp3) is 0.667. The van der Waals surface area contributed by atoms with E-state index in [1.165, 1.54) is 0 Å². The third-order valence-electron chi connectivity index (χ3n) is 3.26. The van der Waals surface area contributed by atoms with Crippen molar-refractivity contribution in [2.75, 3.05) is 36.9 Å². The van der Waals surface area contributed by atoms with E-state index in [2.05, 4.69) is 15.3 Å². The molecule has 0 unspecified atom stereocenters. The SMILES string of the molecule is CCNc1ncc2c(n1)N(C)CCN(C(=O)OC(C)(C)C)C2. The zero-order valence-corrected chi connectivity index (χ0v) is 14.0. The van der Waals surface area contributed by atoms with Gasteiger partial charge in [-0.15, -0.1) is 0 Å². The number of rotatable bonds is 2. The maximum atomic E-state index is 12.3. The largest absolute Gasteiger partial charge is 0.444 e. The number of carbonyl (C=O) groups excluding carboxylic acids is 1. The molecule has 0 saturated heterocycles. The summed E-state index contributed by atoms with van der Waals surface area (Å²) in [5, 5.41) is 3.11. The molecule has 0 atom stereocenters. The predicted molar refractivity (Wildman–Crippen MR) is 86.1 cm³/mol. The number of nitrogens with one attached hydrogen (secondary N) is 1. The molecule has 1 aliphatic heterocycles. The summed E-state index contributed by atoms with van der Waals surface area (Å²) in [5.41, 5.74) is 0.427. The third kappa shape index (κ3) is 3.99. The molecular weight excluding hydrogens is 282 g/mol. The highest BCUT2D eigenvalue weighted by molar-refractivity contribution is 5.69. The number of ether oxygens (including phenoxy) is 1. The van der Waals surface area contributed by atoms with Crippen LogP contribution >= 0.6 is 0 Å². The summed E-state index contributed by atoms with van der Waals surface area (Å²) in [6.07, 6.45) is 1.48. The molecule has 0 radical (unpaired) electrons. The summed E-state index contributed by atoms with van der Waals surface area (Å²) in [6.45, 7) is 10.1. The van der Waals surface area contributed by atoms with Gasteiger partial charge in [0.1, 0.15) is 11.4 Å². The average Bonchev–Trinajstić information content (AvgIpc) is 2.57. The van der Waals surface area contributed by atoms with Gasteiger partial charge >= 0.3 is 6.09 Å². The van der Waals surface area contributed by atoms with E-state index < -0.39 is 5.60 Å². The normalized spacial score (nSPS) is 15.1. The lowest BCUT2D eigenvalue weighted by atomic mass is 10.2. The van der Waals surface area contributed by atoms with Crippen LogP contribution in [0.25, 0.3) is 0 Å². The number of anilines is 2. The molecule has 0 fully saturated rings. The van der Waals surface area contributed by atoms with Crippen molar-refractivity contribution < 1.29 is 9.53 Å². The molecule has 1 aliphatic rings. The highest BCUT2D eigenvalue weighted by atomic mass is 16.6. The van der Waals surface area contributed by atoms with Gasteiger partial charge in [-0.05, 0) is 27.7 Å². The molecule has 7 nitrogen and oxygen atoms in total. The topological polar surface area (TPSA) is 70.6 Å². The number of amides is 1. The van der Waals surface area contributed by atoms with E-state index >= 15 is 0 Å². The standard InChI is InChI=1S/C15H25N5O2/c1-6-16-13-17-9-11-10-20(14(21)22-15(2,3)4)8-7-19(5)12(11)18-13/h9H,6-8,10H2,1-5H3,(H,16,17,18). The van der Waals surface area contributed by atoms with Crippen molar-refractivity contribution >= 4 is 17.9 Å². The van der Waals surface area contributed by atoms with Gasteiger partial charge < -0.3 is 19.9 Å². The minimum atomic E-state index is -0.497. The van der Waals surface area contributed by atoms with Crippen LogP contribution in [0.2, 0.25) is 0 Å². The first-order valence-electron chi connectivity index (χ1n) is 7.59. The van der Waals surface area contributed by atoms with Crippen molar-refractivity contribution in [1.29, 1.82) is 0 Å². The lowest BCUT2D eigenvalue weighted by molar-refractivity contribution is 0.0243. The molecule has 2 rings (SSSR count). The number of aromatic nitrogens is 2. The summed E-state index contributed by atoms with van der Waals surface area (Å²) in [5.74, 6) is 1.47. The molecule has 0 bridgehead atoms. The van der Waals surface area contributed by atoms with Crippen LogP contribution in [0, 0.1) is 0 Å². The quantitative estimate of drug-likeness (QED) is 0.902. The van der Waals surface area contributed by atoms with Crippen molar-refractivity contribution in [3.8, 4) is 0 Å². The maximum Gasteiger partial charge on any atom is 0.410 e. The van der Waals surface area contributed by atoms with Crippen molar-refractivity contribution in [1.82, 2.24) is 14.9 Å². The van der Waals surface area contributed by atoms with E-state index in [0.29, 0.717) is 25.6 Å². The first kappa shape index (κ1) is 16.3. The number of carbonyl (C=O) groups is 1. The molecule has 1 aromatic heterocycles. The van der Waals surface area contributed by atoms with Gasteiger partial charge in [0.2, 0.25) is 5.95 Å². The molecule has 1 N–H and O–H groups in total. The Labute approximate surface area is 131 Å². The molecule has 22 heavy (non-hydrogen) atoms. The van der Waals surface area contributed by atoms with Crippen LogP contribution in [0.5, 0.6) is 0 Å². The van der Waals surface area contributed by atoms with Crippen molar-refractivity contribution in [2.45, 2.75) is 39.8 Å². The summed E-state index contributed by atoms with van der Waals surface area (Å²) >= 11 is 0. The molecule has 1 aromatic rings. The second-order valence-corrected chi connectivity index (χ2v) is 6.40. The van der Waals surface area contributed by atoms with Crippen molar-refractivity contribution in [2.24, 2.45) is 0 Å². The average molecular weight is 307 g/mol. The van der Waals surface area contributed by atoms with Crippen LogP contribution in [-0.2, 0) is 11.3 Å². The smallest absolute Gasteiger partial charge is 0.410 e. The predicted octanol–water partition coefficient (Wildman–Crippen LogP) is 2.10. The van der Waals surface area contributed by atoms with E-state index in [1.807, 2.05) is 39.6 Å². The van der Waals surface area contributed by atoms with Crippen LogP contribution in [0.1, 0.15) is 33.3 Å². The van der Waals surface area contributed by atoms with Crippen LogP contribution < -0.4 is 10.2 Å². The van der Waals surface area contributed by atoms with Gasteiger partial charge in [0.25, 0.3) is 0 Å². The van der Waals surface area contributed by atoms with Gasteiger partial charge in [-0.1, -0.05) is 0 Å². The second-order valence-electron chi connectivity index (χ2n) is 6.40. The van der Waals surface area contributed by atoms with E-state index in [-0.39, 0.29) is 6.09 Å². The lowest BCUT2D eigenvalue weighted by Gasteiger charge is -2.26. The Morgan fingerprint density at radius 2 is 2.14 bits per heavy atom. The summed E-state index contributed by atoms with van der Waals surface area (Å²) in [7, 11) is 1.97. The molecule has 0 aliphatic carbocycles. The summed E-state index contributed by atoms with van der Waals surface area (Å²) < 4.78 is 5.46. The fourth-order valence-corrected chi connectivity index (χ4v) is 2.23. The Morgan fingerprint density at radius 1 is 1.41 bits per heavy atom. The molecule has 0 aromatic carbocycles. The molecule has 122 valence electrons. The van der Waals surface area contributed by atoms with Crippen molar-refractivity contribution in [3.63, 3.8) is 0 Å². The zero-order valence-electron chi connectivity index (χ0n) is 14.0. The highest BCUT2D eigenvalue weighted by Crippen LogP contribution is 2.23. The van der Waals surface area contributed by atoms with Crippen LogP contribution in [0.15, 0.2) is 6.20 Å². The minimum Gasteiger partial charge on any atom is -0.444 e. The number of nitrogens with zero attached hydrogens (tertiary/aromatic N) is 4. The first-order chi connectivity index (χ1) is 10.3. The van der Waals surface area contributed by atoms with E-state index in [0.717, 1.165) is 17.9 Å². The second kappa shape index (κ2) is 6.37. The van der Waals surface area contributed by atoms with Gasteiger partial charge in [0.15, 0.2) is 0 Å². The number of likely N-dealkylation sites (N-methyl/N-ethyl adjacent to an activating group) is 1. The third-order valence-corrected chi connectivity index (χ3v) is 3.26. The zero-order chi connectivity index (χ0) is 16.3. The fourth-order valence-electron chi connectivity index (χ4n) is 2.23. The van der Waals surface area contributed by atoms with Crippen LogP contribution in [0.4, 0.5) is 16.6 Å². The number of hydrogen-bond acceptors (Lipinski definition) is 6. The highest BCUT2D eigenvalue weighted by Gasteiger charge is 2.26. The van der Waals surface area contributed by atoms with E-state index in [4.69, 9.17) is 4.74 Å². The molecule has 1 amide bonds. The van der Waals surface area contributed by atoms with Gasteiger partial charge in [0.05, 0.1) is 6.54 Å². The van der Waals surface area contributed by atoms with Crippen LogP contribution in [-0.4, -0.2) is 53.2 Å². The number of fused-ring (bicyclic) bond motifs is 1. The van der Waals surface area contributed by atoms with Gasteiger partial charge in [-0.3, -0.25) is 0 Å². The maximum absolute atomic E-state index is 12.3. The van der Waals surface area contributed by atoms with Crippen molar-refractivity contribution in [3.05, 3.63) is 11.8 Å². The Hall–Kier alpha value is -2.05. The van der Waals surface area contributed by atoms with E-state index in [1.54, 1.807) is 11.1 Å². The molecule has 0 spiro atoms. The monoisotopic (exact) mass is 307 g/mol. The molecule has 0 saturated carbocycles. The Morgan fingerprint density at radius 3 is 2.77 bits per heavy atom. The Kier molecular flexibility index (Phi) is 4.73. The number of hydrogen-bond donors (Lipinski definition) is 1. The minimum absolute atomic E-state index is 0.301. The van der Waals surface area contributed by atoms with E-state index in [9.17, 15) is 4.79 Å². The molecular formula is C15H25N5O2. The first-order valence-corrected chi connectivity index (χ1v) is 7.59. The summed E-state index contributed by atoms with van der Waals surface area (Å²) in [4.78, 5) is 24.9. The molecule has 7 heteroatoms. The van der Waals surface area contributed by atoms with Gasteiger partial charge in [-0.2, -0.15) is 4.98 Å². The van der Waals surface area contributed by atoms with Gasteiger partial charge in [0, 0.05) is 38.4 Å². The summed E-state index contributed by atoms with van der Waals surface area (Å²) in [6, 6.07) is 0.